The molecule has 0 bridgehead atoms. The Morgan fingerprint density at radius 1 is 1.27 bits per heavy atom. The molecule has 22 heavy (non-hydrogen) atoms. The van der Waals surface area contributed by atoms with Crippen molar-refractivity contribution < 1.29 is 19.2 Å². The van der Waals surface area contributed by atoms with Crippen LogP contribution in [0.1, 0.15) is 54.0 Å². The van der Waals surface area contributed by atoms with E-state index in [4.69, 9.17) is 9.63 Å². The Labute approximate surface area is 128 Å². The quantitative estimate of drug-likeness (QED) is 0.856. The average molecular weight is 302 g/mol. The summed E-state index contributed by atoms with van der Waals surface area (Å²) in [5.74, 6) is -0.708. The second-order valence-corrected chi connectivity index (χ2v) is 5.30. The number of aliphatic carboxylic acids is 1. The zero-order chi connectivity index (χ0) is 16.1. The van der Waals surface area contributed by atoms with Crippen LogP contribution < -0.4 is 5.32 Å². The first-order valence-electron chi connectivity index (χ1n) is 7.01. The number of aromatic nitrogens is 1. The number of hydrogen-bond acceptors (Lipinski definition) is 4. The summed E-state index contributed by atoms with van der Waals surface area (Å²) in [6, 6.07) is 9.92. The van der Waals surface area contributed by atoms with Crippen molar-refractivity contribution in [2.45, 2.75) is 32.2 Å². The number of nitrogens with one attached hydrogen (secondary N) is 1. The highest BCUT2D eigenvalue weighted by Crippen LogP contribution is 2.19. The lowest BCUT2D eigenvalue weighted by Gasteiger charge is -2.16. The maximum absolute atomic E-state index is 12.2. The fourth-order valence-electron chi connectivity index (χ4n) is 2.01. The van der Waals surface area contributed by atoms with Gasteiger partial charge in [-0.15, -0.1) is 0 Å². The van der Waals surface area contributed by atoms with Gasteiger partial charge in [0.25, 0.3) is 5.91 Å². The predicted molar refractivity (Wildman–Crippen MR) is 79.5 cm³/mol. The molecule has 0 fully saturated rings. The largest absolute Gasteiger partial charge is 0.481 e. The summed E-state index contributed by atoms with van der Waals surface area (Å²) in [4.78, 5) is 23.2. The monoisotopic (exact) mass is 302 g/mol. The summed E-state index contributed by atoms with van der Waals surface area (Å²) in [5.41, 5.74) is 0.876. The molecule has 1 amide bonds. The van der Waals surface area contributed by atoms with Gasteiger partial charge in [-0.1, -0.05) is 49.3 Å². The number of carboxylic acids is 1. The zero-order valence-corrected chi connectivity index (χ0v) is 12.4. The van der Waals surface area contributed by atoms with Crippen molar-refractivity contribution in [2.75, 3.05) is 0 Å². The van der Waals surface area contributed by atoms with Crippen LogP contribution in [0.5, 0.6) is 0 Å². The predicted octanol–water partition coefficient (Wildman–Crippen LogP) is 2.74. The van der Waals surface area contributed by atoms with E-state index < -0.39 is 17.9 Å². The lowest BCUT2D eigenvalue weighted by Crippen LogP contribution is -2.30. The molecule has 0 aliphatic carbocycles. The lowest BCUT2D eigenvalue weighted by molar-refractivity contribution is -0.137. The minimum atomic E-state index is -0.989. The summed E-state index contributed by atoms with van der Waals surface area (Å²) >= 11 is 0. The fourth-order valence-corrected chi connectivity index (χ4v) is 2.01. The molecule has 1 aromatic carbocycles. The van der Waals surface area contributed by atoms with E-state index in [1.54, 1.807) is 30.3 Å². The smallest absolute Gasteiger partial charge is 0.305 e. The van der Waals surface area contributed by atoms with Crippen LogP contribution in [0.2, 0.25) is 0 Å². The van der Waals surface area contributed by atoms with Gasteiger partial charge in [-0.3, -0.25) is 9.59 Å². The molecule has 0 saturated carbocycles. The van der Waals surface area contributed by atoms with Gasteiger partial charge in [0.1, 0.15) is 5.76 Å². The van der Waals surface area contributed by atoms with Gasteiger partial charge in [0, 0.05) is 12.0 Å². The van der Waals surface area contributed by atoms with E-state index in [1.807, 2.05) is 19.9 Å². The Balaban J connectivity index is 2.15. The van der Waals surface area contributed by atoms with E-state index >= 15 is 0 Å². The third-order valence-electron chi connectivity index (χ3n) is 3.22. The van der Waals surface area contributed by atoms with Gasteiger partial charge in [0.05, 0.1) is 12.5 Å². The molecule has 1 atom stereocenters. The minimum absolute atomic E-state index is 0.123. The first-order chi connectivity index (χ1) is 10.5. The van der Waals surface area contributed by atoms with Crippen LogP contribution >= 0.6 is 0 Å². The van der Waals surface area contributed by atoms with Crippen LogP contribution in [0.4, 0.5) is 0 Å². The topological polar surface area (TPSA) is 92.4 Å². The number of benzene rings is 1. The van der Waals surface area contributed by atoms with Crippen LogP contribution in [-0.2, 0) is 4.79 Å². The van der Waals surface area contributed by atoms with Crippen molar-refractivity contribution in [2.24, 2.45) is 0 Å². The molecule has 0 saturated heterocycles. The molecule has 0 radical (unpaired) electrons. The van der Waals surface area contributed by atoms with Crippen LogP contribution in [0.15, 0.2) is 40.9 Å². The zero-order valence-electron chi connectivity index (χ0n) is 12.4. The first-order valence-corrected chi connectivity index (χ1v) is 7.01. The SMILES string of the molecule is CC(C)c1cc(C(=O)NC(CC(=O)O)c2ccccc2)no1. The molecule has 0 spiro atoms. The van der Waals surface area contributed by atoms with Crippen LogP contribution in [0.25, 0.3) is 0 Å². The number of carboxylic acid groups (broad SMARTS) is 1. The van der Waals surface area contributed by atoms with Crippen LogP contribution in [-0.4, -0.2) is 22.1 Å². The standard InChI is InChI=1S/C16H18N2O4/c1-10(2)14-8-13(18-22-14)16(21)17-12(9-15(19)20)11-6-4-3-5-7-11/h3-8,10,12H,9H2,1-2H3,(H,17,21)(H,19,20). The minimum Gasteiger partial charge on any atom is -0.481 e. The van der Waals surface area contributed by atoms with Gasteiger partial charge >= 0.3 is 5.97 Å². The van der Waals surface area contributed by atoms with Crippen molar-refractivity contribution in [3.8, 4) is 0 Å². The third kappa shape index (κ3) is 3.94. The van der Waals surface area contributed by atoms with Crippen molar-refractivity contribution in [3.63, 3.8) is 0 Å². The van der Waals surface area contributed by atoms with Gasteiger partial charge in [0.2, 0.25) is 0 Å². The number of carbonyl (C=O) groups excluding carboxylic acids is 1. The maximum Gasteiger partial charge on any atom is 0.305 e. The molecular formula is C16H18N2O4. The molecule has 2 rings (SSSR count). The molecule has 6 heteroatoms. The highest BCUT2D eigenvalue weighted by Gasteiger charge is 2.21. The summed E-state index contributed by atoms with van der Waals surface area (Å²) in [7, 11) is 0. The van der Waals surface area contributed by atoms with E-state index in [1.165, 1.54) is 0 Å². The molecule has 1 unspecified atom stereocenters. The number of rotatable bonds is 6. The van der Waals surface area contributed by atoms with Gasteiger partial charge in [-0.25, -0.2) is 0 Å². The molecule has 1 aromatic heterocycles. The van der Waals surface area contributed by atoms with E-state index in [-0.39, 0.29) is 18.0 Å². The molecule has 2 aromatic rings. The summed E-state index contributed by atoms with van der Waals surface area (Å²) in [6.45, 7) is 3.86. The summed E-state index contributed by atoms with van der Waals surface area (Å²) in [5, 5.41) is 15.4. The summed E-state index contributed by atoms with van der Waals surface area (Å²) < 4.78 is 5.09. The normalized spacial score (nSPS) is 12.1. The Kier molecular flexibility index (Phi) is 4.93. The molecular weight excluding hydrogens is 284 g/mol. The Morgan fingerprint density at radius 3 is 2.50 bits per heavy atom. The highest BCUT2D eigenvalue weighted by atomic mass is 16.5. The van der Waals surface area contributed by atoms with Crippen molar-refractivity contribution in [3.05, 3.63) is 53.4 Å². The summed E-state index contributed by atoms with van der Waals surface area (Å²) in [6.07, 6.45) is -0.204. The Hall–Kier alpha value is -2.63. The van der Waals surface area contributed by atoms with E-state index in [0.29, 0.717) is 5.76 Å². The number of nitrogens with zero attached hydrogens (tertiary/aromatic N) is 1. The lowest BCUT2D eigenvalue weighted by atomic mass is 10.0. The molecule has 116 valence electrons. The maximum atomic E-state index is 12.2. The first kappa shape index (κ1) is 15.8. The van der Waals surface area contributed by atoms with E-state index in [0.717, 1.165) is 5.56 Å². The van der Waals surface area contributed by atoms with Gasteiger partial charge in [-0.2, -0.15) is 0 Å². The Morgan fingerprint density at radius 2 is 1.95 bits per heavy atom. The molecule has 1 heterocycles. The van der Waals surface area contributed by atoms with Gasteiger partial charge in [0.15, 0.2) is 5.69 Å². The molecule has 0 aliphatic rings. The van der Waals surface area contributed by atoms with E-state index in [9.17, 15) is 9.59 Å². The van der Waals surface area contributed by atoms with Gasteiger partial charge < -0.3 is 14.9 Å². The van der Waals surface area contributed by atoms with Crippen LogP contribution in [0.3, 0.4) is 0 Å². The van der Waals surface area contributed by atoms with Crippen molar-refractivity contribution >= 4 is 11.9 Å². The van der Waals surface area contributed by atoms with Crippen molar-refractivity contribution in [1.29, 1.82) is 0 Å². The average Bonchev–Trinajstić information content (AvgIpc) is 2.97. The Bertz CT molecular complexity index is 649. The third-order valence-corrected chi connectivity index (χ3v) is 3.22. The second kappa shape index (κ2) is 6.89. The van der Waals surface area contributed by atoms with Crippen molar-refractivity contribution in [1.82, 2.24) is 10.5 Å². The molecule has 0 aliphatic heterocycles. The fraction of sp³-hybridized carbons (Fsp3) is 0.312. The number of amides is 1. The molecule has 6 nitrogen and oxygen atoms in total. The second-order valence-electron chi connectivity index (χ2n) is 5.30. The highest BCUT2D eigenvalue weighted by molar-refractivity contribution is 5.92. The van der Waals surface area contributed by atoms with Gasteiger partial charge in [-0.05, 0) is 5.56 Å². The van der Waals surface area contributed by atoms with E-state index in [2.05, 4.69) is 10.5 Å². The number of carbonyl (C=O) groups is 2. The molecule has 2 N–H and O–H groups in total. The van der Waals surface area contributed by atoms with Crippen LogP contribution in [0, 0.1) is 0 Å². The number of hydrogen-bond donors (Lipinski definition) is 2.